The van der Waals surface area contributed by atoms with Gasteiger partial charge in [-0.3, -0.25) is 10.1 Å². The fourth-order valence-electron chi connectivity index (χ4n) is 1.81. The lowest BCUT2D eigenvalue weighted by Crippen LogP contribution is -2.32. The van der Waals surface area contributed by atoms with Crippen molar-refractivity contribution in [3.63, 3.8) is 0 Å². The van der Waals surface area contributed by atoms with E-state index in [1.54, 1.807) is 0 Å². The van der Waals surface area contributed by atoms with Gasteiger partial charge in [0.2, 0.25) is 10.0 Å². The third-order valence-electron chi connectivity index (χ3n) is 2.89. The van der Waals surface area contributed by atoms with E-state index in [0.29, 0.717) is 0 Å². The lowest BCUT2D eigenvalue weighted by atomic mass is 10.2. The standard InChI is InChI=1S/C10H13N3O7S3/c1-2-22(16,17)20-9-5-21-8-4-6(23(11,18)19)3-7(13(14)15)10(8)12-9/h3-4,9,12H,2,5H2,1H3,(H2,11,18,19)/t9-/m1/s1. The number of primary sulfonamides is 1. The summed E-state index contributed by atoms with van der Waals surface area (Å²) in [5.74, 6) is -0.118. The second-order valence-corrected chi connectivity index (χ2v) is 9.01. The number of nitrogens with zero attached hydrogens (tertiary/aromatic N) is 1. The van der Waals surface area contributed by atoms with E-state index in [2.05, 4.69) is 5.32 Å². The molecule has 0 aliphatic carbocycles. The van der Waals surface area contributed by atoms with Crippen molar-refractivity contribution in [3.05, 3.63) is 22.2 Å². The normalized spacial score (nSPS) is 18.1. The maximum Gasteiger partial charge on any atom is 0.294 e. The minimum absolute atomic E-state index is 0.00467. The molecule has 0 spiro atoms. The van der Waals surface area contributed by atoms with Crippen LogP contribution in [-0.4, -0.2) is 39.5 Å². The van der Waals surface area contributed by atoms with Crippen molar-refractivity contribution >= 4 is 43.3 Å². The number of thioether (sulfide) groups is 1. The predicted molar refractivity (Wildman–Crippen MR) is 83.2 cm³/mol. The van der Waals surface area contributed by atoms with Crippen molar-refractivity contribution in [2.75, 3.05) is 16.8 Å². The Bertz CT molecular complexity index is 851. The molecule has 0 aromatic heterocycles. The number of hydrogen-bond donors (Lipinski definition) is 2. The molecule has 0 amide bonds. The summed E-state index contributed by atoms with van der Waals surface area (Å²) in [5, 5.41) is 18.8. The van der Waals surface area contributed by atoms with Gasteiger partial charge in [0.1, 0.15) is 5.69 Å². The first kappa shape index (κ1) is 17.9. The molecule has 2 rings (SSSR count). The Labute approximate surface area is 136 Å². The maximum atomic E-state index is 11.5. The van der Waals surface area contributed by atoms with Gasteiger partial charge in [-0.15, -0.1) is 11.8 Å². The summed E-state index contributed by atoms with van der Waals surface area (Å²) in [5.41, 5.74) is -0.531. The third-order valence-corrected chi connectivity index (χ3v) is 6.12. The monoisotopic (exact) mass is 383 g/mol. The first-order valence-electron chi connectivity index (χ1n) is 6.19. The van der Waals surface area contributed by atoms with Crippen LogP contribution in [0.15, 0.2) is 21.9 Å². The van der Waals surface area contributed by atoms with Gasteiger partial charge in [0.25, 0.3) is 15.8 Å². The summed E-state index contributed by atoms with van der Waals surface area (Å²) in [6.45, 7) is 1.40. The zero-order chi connectivity index (χ0) is 17.4. The van der Waals surface area contributed by atoms with E-state index in [9.17, 15) is 26.9 Å². The Kier molecular flexibility index (Phi) is 4.86. The SMILES string of the molecule is CCS(=O)(=O)O[C@@H]1CSc2cc(S(N)(=O)=O)cc([N+](=O)[O-])c2N1. The van der Waals surface area contributed by atoms with E-state index in [4.69, 9.17) is 9.32 Å². The summed E-state index contributed by atoms with van der Waals surface area (Å²) in [4.78, 5) is 10.3. The van der Waals surface area contributed by atoms with Crippen molar-refractivity contribution in [2.24, 2.45) is 5.14 Å². The number of nitro benzene ring substituents is 1. The van der Waals surface area contributed by atoms with E-state index in [1.807, 2.05) is 0 Å². The van der Waals surface area contributed by atoms with E-state index in [0.717, 1.165) is 17.8 Å². The molecular weight excluding hydrogens is 370 g/mol. The molecular formula is C10H13N3O7S3. The fraction of sp³-hybridized carbons (Fsp3) is 0.400. The van der Waals surface area contributed by atoms with E-state index >= 15 is 0 Å². The highest BCUT2D eigenvalue weighted by molar-refractivity contribution is 7.99. The summed E-state index contributed by atoms with van der Waals surface area (Å²) >= 11 is 1.03. The quantitative estimate of drug-likeness (QED) is 0.418. The Balaban J connectivity index is 2.45. The molecule has 1 aliphatic rings. The fourth-order valence-corrected chi connectivity index (χ4v) is 4.13. The summed E-state index contributed by atoms with van der Waals surface area (Å²) in [7, 11) is -7.86. The van der Waals surface area contributed by atoms with Gasteiger partial charge in [0.05, 0.1) is 15.6 Å². The van der Waals surface area contributed by atoms with Crippen molar-refractivity contribution in [2.45, 2.75) is 22.9 Å². The van der Waals surface area contributed by atoms with E-state index in [1.165, 1.54) is 13.0 Å². The van der Waals surface area contributed by atoms with Gasteiger partial charge in [0, 0.05) is 16.7 Å². The minimum Gasteiger partial charge on any atom is -0.352 e. The Morgan fingerprint density at radius 3 is 2.61 bits per heavy atom. The average molecular weight is 383 g/mol. The van der Waals surface area contributed by atoms with Crippen LogP contribution in [0.2, 0.25) is 0 Å². The molecule has 0 saturated carbocycles. The molecule has 1 aromatic carbocycles. The number of nitro groups is 1. The van der Waals surface area contributed by atoms with Crippen LogP contribution in [-0.2, 0) is 24.3 Å². The molecule has 0 unspecified atom stereocenters. The first-order valence-corrected chi connectivity index (χ1v) is 10.3. The second-order valence-electron chi connectivity index (χ2n) is 4.50. The predicted octanol–water partition coefficient (Wildman–Crippen LogP) is 0.452. The third kappa shape index (κ3) is 4.11. The average Bonchev–Trinajstić information content (AvgIpc) is 2.44. The highest BCUT2D eigenvalue weighted by Crippen LogP contribution is 2.41. The van der Waals surface area contributed by atoms with Crippen LogP contribution in [0.4, 0.5) is 11.4 Å². The van der Waals surface area contributed by atoms with Crippen LogP contribution in [0.25, 0.3) is 0 Å². The maximum absolute atomic E-state index is 11.5. The van der Waals surface area contributed by atoms with Crippen LogP contribution in [0, 0.1) is 10.1 Å². The first-order chi connectivity index (χ1) is 10.5. The van der Waals surface area contributed by atoms with Gasteiger partial charge in [-0.05, 0) is 13.0 Å². The molecule has 0 radical (unpaired) electrons. The van der Waals surface area contributed by atoms with Crippen LogP contribution < -0.4 is 10.5 Å². The second kappa shape index (κ2) is 6.24. The molecule has 1 aliphatic heterocycles. The number of hydrogen-bond acceptors (Lipinski definition) is 9. The number of fused-ring (bicyclic) bond motifs is 1. The van der Waals surface area contributed by atoms with Crippen molar-refractivity contribution in [1.29, 1.82) is 0 Å². The van der Waals surface area contributed by atoms with Gasteiger partial charge in [0.15, 0.2) is 6.23 Å². The summed E-state index contributed by atoms with van der Waals surface area (Å²) in [6, 6.07) is 2.01. The molecule has 0 fully saturated rings. The topological polar surface area (TPSA) is 159 Å². The van der Waals surface area contributed by atoms with Gasteiger partial charge in [-0.25, -0.2) is 17.7 Å². The van der Waals surface area contributed by atoms with Gasteiger partial charge in [-0.1, -0.05) is 0 Å². The zero-order valence-corrected chi connectivity index (χ0v) is 14.2. The van der Waals surface area contributed by atoms with Crippen LogP contribution in [0.1, 0.15) is 6.92 Å². The molecule has 3 N–H and O–H groups in total. The van der Waals surface area contributed by atoms with Crippen molar-refractivity contribution in [3.8, 4) is 0 Å². The number of nitrogens with two attached hydrogens (primary N) is 1. The molecule has 0 saturated heterocycles. The van der Waals surface area contributed by atoms with Crippen LogP contribution >= 0.6 is 11.8 Å². The Morgan fingerprint density at radius 1 is 1.43 bits per heavy atom. The minimum atomic E-state index is -4.11. The van der Waals surface area contributed by atoms with Gasteiger partial charge in [-0.2, -0.15) is 8.42 Å². The Morgan fingerprint density at radius 2 is 2.09 bits per heavy atom. The number of nitrogens with one attached hydrogen (secondary N) is 1. The van der Waals surface area contributed by atoms with E-state index < -0.39 is 41.9 Å². The van der Waals surface area contributed by atoms with Crippen LogP contribution in [0.5, 0.6) is 0 Å². The van der Waals surface area contributed by atoms with Crippen molar-refractivity contribution < 1.29 is 25.9 Å². The molecule has 23 heavy (non-hydrogen) atoms. The van der Waals surface area contributed by atoms with E-state index in [-0.39, 0.29) is 22.1 Å². The smallest absolute Gasteiger partial charge is 0.294 e. The lowest BCUT2D eigenvalue weighted by molar-refractivity contribution is -0.384. The van der Waals surface area contributed by atoms with Gasteiger partial charge >= 0.3 is 0 Å². The molecule has 0 bridgehead atoms. The van der Waals surface area contributed by atoms with Crippen molar-refractivity contribution in [1.82, 2.24) is 0 Å². The summed E-state index contributed by atoms with van der Waals surface area (Å²) in [6.07, 6.45) is -0.989. The largest absolute Gasteiger partial charge is 0.352 e. The zero-order valence-electron chi connectivity index (χ0n) is 11.8. The Hall–Kier alpha value is -1.41. The molecule has 1 heterocycles. The molecule has 1 aromatic rings. The number of sulfonamides is 1. The number of rotatable bonds is 5. The molecule has 10 nitrogen and oxygen atoms in total. The number of benzene rings is 1. The highest BCUT2D eigenvalue weighted by atomic mass is 32.2. The molecule has 1 atom stereocenters. The lowest BCUT2D eigenvalue weighted by Gasteiger charge is -2.25. The summed E-state index contributed by atoms with van der Waals surface area (Å²) < 4.78 is 50.7. The molecule has 128 valence electrons. The molecule has 13 heteroatoms. The van der Waals surface area contributed by atoms with Crippen LogP contribution in [0.3, 0.4) is 0 Å². The highest BCUT2D eigenvalue weighted by Gasteiger charge is 2.31. The van der Waals surface area contributed by atoms with Gasteiger partial charge < -0.3 is 5.32 Å². The number of anilines is 1.